The maximum Gasteiger partial charge on any atom is 0.220 e. The lowest BCUT2D eigenvalue weighted by molar-refractivity contribution is -0.121. The Morgan fingerprint density at radius 2 is 1.81 bits per heavy atom. The van der Waals surface area contributed by atoms with Gasteiger partial charge in [-0.05, 0) is 31.2 Å². The highest BCUT2D eigenvalue weighted by atomic mass is 16.1. The summed E-state index contributed by atoms with van der Waals surface area (Å²) in [5.74, 6) is 1.35. The van der Waals surface area contributed by atoms with Crippen molar-refractivity contribution in [3.05, 3.63) is 0 Å². The minimum Gasteiger partial charge on any atom is -0.355 e. The van der Waals surface area contributed by atoms with E-state index in [-0.39, 0.29) is 5.91 Å². The number of nitrogens with one attached hydrogen (secondary N) is 2. The molecule has 0 spiro atoms. The van der Waals surface area contributed by atoms with Crippen LogP contribution in [0.4, 0.5) is 0 Å². The van der Waals surface area contributed by atoms with Gasteiger partial charge in [-0.15, -0.1) is 0 Å². The quantitative estimate of drug-likeness (QED) is 0.594. The Morgan fingerprint density at radius 3 is 2.38 bits per heavy atom. The standard InChI is InChI=1S/C13H28N2O/c1-5-6-14-7-8-15-13(16)10-12(4)9-11(2)3/h11-12,14H,5-10H2,1-4H3,(H,15,16). The number of carbonyl (C=O) groups excluding carboxylic acids is 1. The predicted molar refractivity (Wildman–Crippen MR) is 69.4 cm³/mol. The SMILES string of the molecule is CCCNCCNC(=O)CC(C)CC(C)C. The van der Waals surface area contributed by atoms with E-state index in [9.17, 15) is 4.79 Å². The Balaban J connectivity index is 3.43. The zero-order chi connectivity index (χ0) is 12.4. The lowest BCUT2D eigenvalue weighted by Gasteiger charge is -2.13. The second-order valence-electron chi connectivity index (χ2n) is 5.04. The second-order valence-corrected chi connectivity index (χ2v) is 5.04. The molecule has 2 N–H and O–H groups in total. The van der Waals surface area contributed by atoms with Gasteiger partial charge in [-0.1, -0.05) is 27.7 Å². The van der Waals surface area contributed by atoms with Crippen LogP contribution in [0.1, 0.15) is 47.0 Å². The minimum absolute atomic E-state index is 0.187. The van der Waals surface area contributed by atoms with Gasteiger partial charge in [0.05, 0.1) is 0 Å². The van der Waals surface area contributed by atoms with Crippen molar-refractivity contribution in [1.82, 2.24) is 10.6 Å². The highest BCUT2D eigenvalue weighted by Crippen LogP contribution is 2.13. The summed E-state index contributed by atoms with van der Waals surface area (Å²) in [6.45, 7) is 11.3. The third-order valence-electron chi connectivity index (χ3n) is 2.46. The van der Waals surface area contributed by atoms with Gasteiger partial charge in [-0.2, -0.15) is 0 Å². The van der Waals surface area contributed by atoms with Crippen LogP contribution in [0.25, 0.3) is 0 Å². The predicted octanol–water partition coefficient (Wildman–Crippen LogP) is 2.17. The zero-order valence-electron chi connectivity index (χ0n) is 11.3. The third-order valence-corrected chi connectivity index (χ3v) is 2.46. The molecule has 0 aromatic rings. The second kappa shape index (κ2) is 9.64. The van der Waals surface area contributed by atoms with Crippen molar-refractivity contribution < 1.29 is 4.79 Å². The fraction of sp³-hybridized carbons (Fsp3) is 0.923. The van der Waals surface area contributed by atoms with E-state index < -0.39 is 0 Å². The average Bonchev–Trinajstić information content (AvgIpc) is 2.15. The van der Waals surface area contributed by atoms with Crippen molar-refractivity contribution in [3.8, 4) is 0 Å². The first-order chi connectivity index (χ1) is 7.56. The molecule has 1 atom stereocenters. The summed E-state index contributed by atoms with van der Waals surface area (Å²) < 4.78 is 0. The van der Waals surface area contributed by atoms with Gasteiger partial charge in [0.1, 0.15) is 0 Å². The van der Waals surface area contributed by atoms with E-state index in [0.717, 1.165) is 32.5 Å². The summed E-state index contributed by atoms with van der Waals surface area (Å²) in [5.41, 5.74) is 0. The number of amides is 1. The molecule has 0 aliphatic rings. The highest BCUT2D eigenvalue weighted by molar-refractivity contribution is 5.76. The number of hydrogen-bond acceptors (Lipinski definition) is 2. The molecule has 3 nitrogen and oxygen atoms in total. The molecule has 0 bridgehead atoms. The fourth-order valence-corrected chi connectivity index (χ4v) is 1.87. The third kappa shape index (κ3) is 9.97. The Bertz CT molecular complexity index is 181. The van der Waals surface area contributed by atoms with Crippen molar-refractivity contribution in [2.75, 3.05) is 19.6 Å². The average molecular weight is 228 g/mol. The van der Waals surface area contributed by atoms with Crippen LogP contribution in [0.2, 0.25) is 0 Å². The highest BCUT2D eigenvalue weighted by Gasteiger charge is 2.09. The molecule has 1 amide bonds. The molecule has 0 aliphatic heterocycles. The summed E-state index contributed by atoms with van der Waals surface area (Å²) in [5, 5.41) is 6.21. The van der Waals surface area contributed by atoms with Crippen LogP contribution in [-0.4, -0.2) is 25.5 Å². The Kier molecular flexibility index (Phi) is 9.30. The van der Waals surface area contributed by atoms with E-state index in [1.54, 1.807) is 0 Å². The number of rotatable bonds is 9. The lowest BCUT2D eigenvalue weighted by atomic mass is 9.96. The summed E-state index contributed by atoms with van der Waals surface area (Å²) in [4.78, 5) is 11.5. The first kappa shape index (κ1) is 15.4. The first-order valence-electron chi connectivity index (χ1n) is 6.53. The zero-order valence-corrected chi connectivity index (χ0v) is 11.3. The van der Waals surface area contributed by atoms with Crippen molar-refractivity contribution in [3.63, 3.8) is 0 Å². The van der Waals surface area contributed by atoms with Gasteiger partial charge in [0, 0.05) is 19.5 Å². The molecule has 0 aliphatic carbocycles. The van der Waals surface area contributed by atoms with Crippen LogP contribution in [0, 0.1) is 11.8 Å². The molecular formula is C13H28N2O. The monoisotopic (exact) mass is 228 g/mol. The van der Waals surface area contributed by atoms with Gasteiger partial charge in [-0.3, -0.25) is 4.79 Å². The molecule has 0 radical (unpaired) electrons. The molecule has 0 saturated carbocycles. The molecule has 96 valence electrons. The molecule has 0 aromatic heterocycles. The van der Waals surface area contributed by atoms with Crippen LogP contribution in [-0.2, 0) is 4.79 Å². The van der Waals surface area contributed by atoms with Crippen molar-refractivity contribution in [1.29, 1.82) is 0 Å². The molecule has 16 heavy (non-hydrogen) atoms. The topological polar surface area (TPSA) is 41.1 Å². The van der Waals surface area contributed by atoms with Gasteiger partial charge in [0.25, 0.3) is 0 Å². The normalized spacial score (nSPS) is 12.8. The van der Waals surface area contributed by atoms with E-state index in [4.69, 9.17) is 0 Å². The maximum absolute atomic E-state index is 11.5. The molecular weight excluding hydrogens is 200 g/mol. The van der Waals surface area contributed by atoms with Crippen molar-refractivity contribution in [2.45, 2.75) is 47.0 Å². The molecule has 0 aromatic carbocycles. The maximum atomic E-state index is 11.5. The van der Waals surface area contributed by atoms with E-state index in [0.29, 0.717) is 18.3 Å². The van der Waals surface area contributed by atoms with Gasteiger partial charge >= 0.3 is 0 Å². The van der Waals surface area contributed by atoms with E-state index >= 15 is 0 Å². The Hall–Kier alpha value is -0.570. The lowest BCUT2D eigenvalue weighted by Crippen LogP contribution is -2.32. The van der Waals surface area contributed by atoms with Crippen LogP contribution in [0.15, 0.2) is 0 Å². The fourth-order valence-electron chi connectivity index (χ4n) is 1.87. The van der Waals surface area contributed by atoms with Gasteiger partial charge < -0.3 is 10.6 Å². The van der Waals surface area contributed by atoms with Gasteiger partial charge in [0.2, 0.25) is 5.91 Å². The Labute approximate surface area is 100 Å². The van der Waals surface area contributed by atoms with Crippen molar-refractivity contribution in [2.24, 2.45) is 11.8 Å². The van der Waals surface area contributed by atoms with E-state index in [1.165, 1.54) is 0 Å². The molecule has 1 unspecified atom stereocenters. The van der Waals surface area contributed by atoms with Crippen molar-refractivity contribution >= 4 is 5.91 Å². The summed E-state index contributed by atoms with van der Waals surface area (Å²) in [6, 6.07) is 0. The molecule has 0 rings (SSSR count). The van der Waals surface area contributed by atoms with Gasteiger partial charge in [-0.25, -0.2) is 0 Å². The van der Waals surface area contributed by atoms with Crippen LogP contribution >= 0.6 is 0 Å². The smallest absolute Gasteiger partial charge is 0.220 e. The first-order valence-corrected chi connectivity index (χ1v) is 6.53. The Morgan fingerprint density at radius 1 is 1.12 bits per heavy atom. The molecule has 0 heterocycles. The van der Waals surface area contributed by atoms with Crippen LogP contribution < -0.4 is 10.6 Å². The minimum atomic E-state index is 0.187. The molecule has 0 fully saturated rings. The summed E-state index contributed by atoms with van der Waals surface area (Å²) >= 11 is 0. The van der Waals surface area contributed by atoms with Crippen LogP contribution in [0.5, 0.6) is 0 Å². The number of carbonyl (C=O) groups is 1. The molecule has 3 heteroatoms. The molecule has 0 saturated heterocycles. The van der Waals surface area contributed by atoms with Gasteiger partial charge in [0.15, 0.2) is 0 Å². The largest absolute Gasteiger partial charge is 0.355 e. The summed E-state index contributed by atoms with van der Waals surface area (Å²) in [7, 11) is 0. The van der Waals surface area contributed by atoms with E-state index in [2.05, 4.69) is 38.3 Å². The number of hydrogen-bond donors (Lipinski definition) is 2. The van der Waals surface area contributed by atoms with Crippen LogP contribution in [0.3, 0.4) is 0 Å². The van der Waals surface area contributed by atoms with E-state index in [1.807, 2.05) is 0 Å². The summed E-state index contributed by atoms with van der Waals surface area (Å²) in [6.07, 6.45) is 2.92.